The lowest BCUT2D eigenvalue weighted by atomic mass is 10.0. The van der Waals surface area contributed by atoms with Crippen LogP contribution in [0.1, 0.15) is 18.9 Å². The summed E-state index contributed by atoms with van der Waals surface area (Å²) in [6.07, 6.45) is -1.11. The van der Waals surface area contributed by atoms with Gasteiger partial charge in [0, 0.05) is 63.2 Å². The molecule has 3 fully saturated rings. The standard InChI is InChI=1S/C32H37FN8O4/c1-21(43-2)31(42)41-10-9-29(27(33)17-41)45-28-8-3-22(15-23(28)16-34)30-35-20-36-32(38-30)37-24-4-6-25(7-5-24)39-11-13-40(14-12-39)26-18-44-19-26/h3-8,15,20-21,26-27,29H,9-14,17-19H2,1-2H3,(H,35,36,37,38)/t21?,27-,29+/m1/s1. The monoisotopic (exact) mass is 616 g/mol. The van der Waals surface area contributed by atoms with E-state index in [1.54, 1.807) is 25.1 Å². The summed E-state index contributed by atoms with van der Waals surface area (Å²) in [4.78, 5) is 31.8. The molecule has 1 N–H and O–H groups in total. The summed E-state index contributed by atoms with van der Waals surface area (Å²) in [7, 11) is 1.45. The highest BCUT2D eigenvalue weighted by molar-refractivity contribution is 5.80. The SMILES string of the molecule is COC(C)C(=O)N1CC[C@H](Oc2ccc(-c3ncnc(Nc4ccc(N5CCN(C6COC6)CC5)cc4)n3)cc2C#N)[C@H](F)C1. The molecule has 0 aliphatic carbocycles. The van der Waals surface area contributed by atoms with Crippen molar-refractivity contribution in [2.24, 2.45) is 0 Å². The van der Waals surface area contributed by atoms with Crippen LogP contribution in [0.25, 0.3) is 11.4 Å². The number of hydrogen-bond donors (Lipinski definition) is 1. The van der Waals surface area contributed by atoms with Gasteiger partial charge in [0.25, 0.3) is 5.91 Å². The number of benzene rings is 2. The number of halogens is 1. The minimum atomic E-state index is -1.40. The molecule has 1 unspecified atom stereocenters. The molecule has 45 heavy (non-hydrogen) atoms. The van der Waals surface area contributed by atoms with Gasteiger partial charge in [0.05, 0.1) is 31.4 Å². The molecule has 3 aromatic rings. The number of nitriles is 1. The maximum absolute atomic E-state index is 15.0. The fourth-order valence-corrected chi connectivity index (χ4v) is 5.76. The molecule has 2 aromatic carbocycles. The molecule has 13 heteroatoms. The molecule has 6 rings (SSSR count). The molecular formula is C32H37FN8O4. The normalized spacial score (nSPS) is 21.5. The van der Waals surface area contributed by atoms with Gasteiger partial charge in [0.1, 0.15) is 30.4 Å². The third-order valence-electron chi connectivity index (χ3n) is 8.64. The average molecular weight is 617 g/mol. The van der Waals surface area contributed by atoms with Gasteiger partial charge in [-0.3, -0.25) is 9.69 Å². The van der Waals surface area contributed by atoms with Gasteiger partial charge in [0.2, 0.25) is 5.95 Å². The number of carbonyl (C=O) groups excluding carboxylic acids is 1. The predicted molar refractivity (Wildman–Crippen MR) is 165 cm³/mol. The number of methoxy groups -OCH3 is 1. The number of nitrogens with one attached hydrogen (secondary N) is 1. The fourth-order valence-electron chi connectivity index (χ4n) is 5.76. The van der Waals surface area contributed by atoms with Crippen molar-refractivity contribution >= 4 is 23.2 Å². The average Bonchev–Trinajstić information content (AvgIpc) is 3.05. The van der Waals surface area contributed by atoms with Crippen LogP contribution in [0.2, 0.25) is 0 Å². The number of nitrogens with zero attached hydrogens (tertiary/aromatic N) is 7. The molecule has 3 atom stereocenters. The lowest BCUT2D eigenvalue weighted by molar-refractivity contribution is -0.144. The number of piperidine rings is 1. The van der Waals surface area contributed by atoms with Gasteiger partial charge in [-0.05, 0) is 49.4 Å². The van der Waals surface area contributed by atoms with Crippen molar-refractivity contribution in [1.82, 2.24) is 24.8 Å². The van der Waals surface area contributed by atoms with Gasteiger partial charge in [0.15, 0.2) is 12.0 Å². The largest absolute Gasteiger partial charge is 0.486 e. The Morgan fingerprint density at radius 2 is 1.89 bits per heavy atom. The van der Waals surface area contributed by atoms with E-state index in [4.69, 9.17) is 14.2 Å². The number of likely N-dealkylation sites (tertiary alicyclic amines) is 1. The van der Waals surface area contributed by atoms with Gasteiger partial charge in [-0.25, -0.2) is 14.4 Å². The van der Waals surface area contributed by atoms with Gasteiger partial charge in [-0.2, -0.15) is 10.2 Å². The molecule has 236 valence electrons. The van der Waals surface area contributed by atoms with E-state index in [0.717, 1.165) is 45.1 Å². The van der Waals surface area contributed by atoms with Crippen LogP contribution < -0.4 is 15.0 Å². The number of aromatic nitrogens is 3. The van der Waals surface area contributed by atoms with Crippen LogP contribution >= 0.6 is 0 Å². The smallest absolute Gasteiger partial charge is 0.251 e. The summed E-state index contributed by atoms with van der Waals surface area (Å²) < 4.78 is 31.3. The molecule has 1 aromatic heterocycles. The number of ether oxygens (including phenoxy) is 3. The zero-order chi connectivity index (χ0) is 31.3. The van der Waals surface area contributed by atoms with Gasteiger partial charge >= 0.3 is 0 Å². The highest BCUT2D eigenvalue weighted by Gasteiger charge is 2.35. The predicted octanol–water partition coefficient (Wildman–Crippen LogP) is 3.03. The Labute approximate surface area is 261 Å². The third kappa shape index (κ3) is 6.98. The molecule has 0 bridgehead atoms. The quantitative estimate of drug-likeness (QED) is 0.381. The summed E-state index contributed by atoms with van der Waals surface area (Å²) in [6.45, 7) is 7.62. The van der Waals surface area contributed by atoms with E-state index in [1.807, 2.05) is 12.1 Å². The van der Waals surface area contributed by atoms with Crippen molar-refractivity contribution < 1.29 is 23.4 Å². The number of hydrogen-bond acceptors (Lipinski definition) is 11. The van der Waals surface area contributed by atoms with Gasteiger partial charge in [-0.15, -0.1) is 0 Å². The molecule has 12 nitrogen and oxygen atoms in total. The summed E-state index contributed by atoms with van der Waals surface area (Å²) in [5.41, 5.74) is 2.84. The van der Waals surface area contributed by atoms with Crippen LogP contribution in [0.15, 0.2) is 48.8 Å². The first-order valence-corrected chi connectivity index (χ1v) is 15.2. The Balaban J connectivity index is 1.07. The van der Waals surface area contributed by atoms with Gasteiger partial charge < -0.3 is 29.3 Å². The first-order valence-electron chi connectivity index (χ1n) is 15.2. The zero-order valence-electron chi connectivity index (χ0n) is 25.4. The second kappa shape index (κ2) is 13.7. The Hall–Kier alpha value is -4.38. The Morgan fingerprint density at radius 1 is 1.11 bits per heavy atom. The van der Waals surface area contributed by atoms with Crippen molar-refractivity contribution in [3.63, 3.8) is 0 Å². The van der Waals surface area contributed by atoms with Crippen molar-refractivity contribution in [3.05, 3.63) is 54.4 Å². The van der Waals surface area contributed by atoms with E-state index in [-0.39, 0.29) is 23.8 Å². The molecule has 0 radical (unpaired) electrons. The van der Waals surface area contributed by atoms with Crippen LogP contribution in [0, 0.1) is 11.3 Å². The van der Waals surface area contributed by atoms with Crippen molar-refractivity contribution in [2.75, 3.05) is 69.8 Å². The number of piperazine rings is 1. The van der Waals surface area contributed by atoms with Crippen molar-refractivity contribution in [1.29, 1.82) is 5.26 Å². The highest BCUT2D eigenvalue weighted by Crippen LogP contribution is 2.29. The second-order valence-electron chi connectivity index (χ2n) is 11.5. The number of amides is 1. The number of anilines is 3. The Kier molecular flexibility index (Phi) is 9.34. The molecule has 3 aliphatic heterocycles. The maximum atomic E-state index is 15.0. The minimum Gasteiger partial charge on any atom is -0.486 e. The van der Waals surface area contributed by atoms with E-state index in [0.29, 0.717) is 36.3 Å². The van der Waals surface area contributed by atoms with Crippen LogP contribution in [-0.2, 0) is 14.3 Å². The van der Waals surface area contributed by atoms with E-state index < -0.39 is 18.4 Å². The Bertz CT molecular complexity index is 1520. The molecule has 4 heterocycles. The second-order valence-corrected chi connectivity index (χ2v) is 11.5. The fraction of sp³-hybridized carbons (Fsp3) is 0.469. The number of carbonyl (C=O) groups is 1. The van der Waals surface area contributed by atoms with E-state index >= 15 is 4.39 Å². The van der Waals surface area contributed by atoms with E-state index in [9.17, 15) is 10.1 Å². The van der Waals surface area contributed by atoms with Crippen LogP contribution in [0.4, 0.5) is 21.7 Å². The summed E-state index contributed by atoms with van der Waals surface area (Å²) in [5, 5.41) is 13.1. The zero-order valence-corrected chi connectivity index (χ0v) is 25.4. The first-order chi connectivity index (χ1) is 21.9. The molecule has 1 amide bonds. The molecule has 0 saturated carbocycles. The summed E-state index contributed by atoms with van der Waals surface area (Å²) in [5.74, 6) is 0.759. The first kappa shape index (κ1) is 30.6. The van der Waals surface area contributed by atoms with Crippen LogP contribution in [0.5, 0.6) is 5.75 Å². The summed E-state index contributed by atoms with van der Waals surface area (Å²) in [6, 6.07) is 15.9. The van der Waals surface area contributed by atoms with E-state index in [1.165, 1.54) is 24.0 Å². The molecular weight excluding hydrogens is 579 g/mol. The minimum absolute atomic E-state index is 0.0892. The van der Waals surface area contributed by atoms with E-state index in [2.05, 4.69) is 48.3 Å². The number of rotatable bonds is 9. The Morgan fingerprint density at radius 3 is 2.56 bits per heavy atom. The third-order valence-corrected chi connectivity index (χ3v) is 8.64. The van der Waals surface area contributed by atoms with Crippen LogP contribution in [0.3, 0.4) is 0 Å². The van der Waals surface area contributed by atoms with Crippen molar-refractivity contribution in [2.45, 2.75) is 37.8 Å². The molecule has 3 aliphatic rings. The van der Waals surface area contributed by atoms with Crippen LogP contribution in [-0.4, -0.2) is 115 Å². The summed E-state index contributed by atoms with van der Waals surface area (Å²) >= 11 is 0. The van der Waals surface area contributed by atoms with Gasteiger partial charge in [-0.1, -0.05) is 0 Å². The number of alkyl halides is 1. The lowest BCUT2D eigenvalue weighted by Gasteiger charge is -2.43. The molecule has 0 spiro atoms. The lowest BCUT2D eigenvalue weighted by Crippen LogP contribution is -2.56. The van der Waals surface area contributed by atoms with Crippen molar-refractivity contribution in [3.8, 4) is 23.2 Å². The molecule has 3 saturated heterocycles. The maximum Gasteiger partial charge on any atom is 0.251 e. The highest BCUT2D eigenvalue weighted by atomic mass is 19.1. The topological polar surface area (TPSA) is 129 Å².